The molecule has 1 atom stereocenters. The molecule has 0 saturated carbocycles. The number of aliphatic hydroxyl groups is 1. The number of hydrogen-bond acceptors (Lipinski definition) is 7. The van der Waals surface area contributed by atoms with Crippen molar-refractivity contribution in [1.82, 2.24) is 29.9 Å². The van der Waals surface area contributed by atoms with Crippen LogP contribution in [0, 0.1) is 6.92 Å². The summed E-state index contributed by atoms with van der Waals surface area (Å²) in [5, 5.41) is 20.1. The number of aromatic nitrogens is 5. The zero-order valence-electron chi connectivity index (χ0n) is 17.0. The van der Waals surface area contributed by atoms with Gasteiger partial charge in [0, 0.05) is 19.3 Å². The Morgan fingerprint density at radius 1 is 1.25 bits per heavy atom. The van der Waals surface area contributed by atoms with Gasteiger partial charge >= 0.3 is 6.18 Å². The van der Waals surface area contributed by atoms with Gasteiger partial charge in [0.25, 0.3) is 0 Å². The molecule has 12 heteroatoms. The zero-order chi connectivity index (χ0) is 22.9. The van der Waals surface area contributed by atoms with Gasteiger partial charge in [0.15, 0.2) is 0 Å². The van der Waals surface area contributed by atoms with E-state index in [-0.39, 0.29) is 17.8 Å². The molecule has 1 aliphatic heterocycles. The number of aliphatic hydroxyl groups excluding tert-OH is 1. The Morgan fingerprint density at radius 3 is 2.81 bits per heavy atom. The predicted molar refractivity (Wildman–Crippen MR) is 108 cm³/mol. The quantitative estimate of drug-likeness (QED) is 0.619. The molecule has 1 unspecified atom stereocenters. The number of pyridine rings is 2. The molecule has 0 aromatic carbocycles. The number of carbonyl (C=O) groups excluding carboxylic acids is 1. The van der Waals surface area contributed by atoms with E-state index in [1.807, 2.05) is 6.92 Å². The Hall–Kier alpha value is -3.54. The fraction of sp³-hybridized carbons (Fsp3) is 0.350. The highest BCUT2D eigenvalue weighted by Crippen LogP contribution is 2.31. The topological polar surface area (TPSA) is 109 Å². The summed E-state index contributed by atoms with van der Waals surface area (Å²) in [6, 6.07) is 5.22. The average Bonchev–Trinajstić information content (AvgIpc) is 3.42. The largest absolute Gasteiger partial charge is 0.416 e. The van der Waals surface area contributed by atoms with Crippen LogP contribution in [0.1, 0.15) is 23.6 Å². The van der Waals surface area contributed by atoms with Crippen LogP contribution in [0.15, 0.2) is 36.7 Å². The first-order chi connectivity index (χ1) is 15.2. The molecule has 0 bridgehead atoms. The second-order valence-corrected chi connectivity index (χ2v) is 7.49. The van der Waals surface area contributed by atoms with Crippen molar-refractivity contribution in [2.45, 2.75) is 25.6 Å². The van der Waals surface area contributed by atoms with Gasteiger partial charge in [-0.25, -0.2) is 14.6 Å². The molecule has 0 radical (unpaired) electrons. The van der Waals surface area contributed by atoms with Crippen molar-refractivity contribution in [2.75, 3.05) is 25.0 Å². The molecule has 4 heterocycles. The molecule has 3 aromatic heterocycles. The molecule has 9 nitrogen and oxygen atoms in total. The lowest BCUT2D eigenvalue weighted by Crippen LogP contribution is -2.31. The lowest BCUT2D eigenvalue weighted by Gasteiger charge is -2.14. The van der Waals surface area contributed by atoms with E-state index in [1.165, 1.54) is 0 Å². The van der Waals surface area contributed by atoms with Crippen LogP contribution in [0.2, 0.25) is 0 Å². The van der Waals surface area contributed by atoms with Crippen molar-refractivity contribution < 1.29 is 23.1 Å². The second-order valence-electron chi connectivity index (χ2n) is 7.49. The van der Waals surface area contributed by atoms with Crippen LogP contribution in [0.25, 0.3) is 11.4 Å². The first-order valence-electron chi connectivity index (χ1n) is 9.83. The first kappa shape index (κ1) is 21.7. The van der Waals surface area contributed by atoms with Gasteiger partial charge in [0.1, 0.15) is 23.9 Å². The van der Waals surface area contributed by atoms with Crippen LogP contribution in [0.5, 0.6) is 0 Å². The highest BCUT2D eigenvalue weighted by atomic mass is 19.4. The van der Waals surface area contributed by atoms with Crippen molar-refractivity contribution in [3.63, 3.8) is 0 Å². The van der Waals surface area contributed by atoms with Gasteiger partial charge in [-0.1, -0.05) is 5.21 Å². The highest BCUT2D eigenvalue weighted by Gasteiger charge is 2.31. The minimum Gasteiger partial charge on any atom is -0.387 e. The molecule has 1 amide bonds. The smallest absolute Gasteiger partial charge is 0.387 e. The Morgan fingerprint density at radius 2 is 2.06 bits per heavy atom. The number of rotatable bonds is 5. The van der Waals surface area contributed by atoms with Gasteiger partial charge in [-0.2, -0.15) is 13.2 Å². The van der Waals surface area contributed by atoms with E-state index < -0.39 is 18.3 Å². The van der Waals surface area contributed by atoms with Crippen molar-refractivity contribution in [3.05, 3.63) is 47.8 Å². The summed E-state index contributed by atoms with van der Waals surface area (Å²) in [7, 11) is 0. The molecule has 1 aliphatic rings. The lowest BCUT2D eigenvalue weighted by atomic mass is 10.2. The Balaban J connectivity index is 1.53. The van der Waals surface area contributed by atoms with Crippen LogP contribution < -0.4 is 5.32 Å². The fourth-order valence-corrected chi connectivity index (χ4v) is 3.53. The molecular weight excluding hydrogens is 427 g/mol. The molecule has 1 fully saturated rings. The maximum atomic E-state index is 13.0. The van der Waals surface area contributed by atoms with E-state index in [2.05, 4.69) is 25.6 Å². The second kappa shape index (κ2) is 8.54. The number of carbonyl (C=O) groups is 1. The van der Waals surface area contributed by atoms with E-state index in [0.717, 1.165) is 23.9 Å². The number of nitrogens with zero attached hydrogens (tertiary/aromatic N) is 6. The van der Waals surface area contributed by atoms with E-state index >= 15 is 0 Å². The fourth-order valence-electron chi connectivity index (χ4n) is 3.53. The van der Waals surface area contributed by atoms with Crippen LogP contribution >= 0.6 is 0 Å². The van der Waals surface area contributed by atoms with Gasteiger partial charge in [-0.15, -0.1) is 5.10 Å². The Bertz CT molecular complexity index is 1130. The van der Waals surface area contributed by atoms with Crippen LogP contribution in [-0.2, 0) is 11.0 Å². The summed E-state index contributed by atoms with van der Waals surface area (Å²) in [6.07, 6.45) is -0.990. The van der Waals surface area contributed by atoms with Crippen molar-refractivity contribution in [2.24, 2.45) is 0 Å². The zero-order valence-corrected chi connectivity index (χ0v) is 17.0. The first-order valence-corrected chi connectivity index (χ1v) is 9.83. The maximum absolute atomic E-state index is 13.0. The number of alkyl halides is 3. The highest BCUT2D eigenvalue weighted by molar-refractivity contribution is 5.77. The summed E-state index contributed by atoms with van der Waals surface area (Å²) in [5.74, 6) is 0.0150. The summed E-state index contributed by atoms with van der Waals surface area (Å²) in [4.78, 5) is 21.6. The maximum Gasteiger partial charge on any atom is 0.416 e. The lowest BCUT2D eigenvalue weighted by molar-refractivity contribution is -0.137. The van der Waals surface area contributed by atoms with Gasteiger partial charge in [-0.3, -0.25) is 4.79 Å². The summed E-state index contributed by atoms with van der Waals surface area (Å²) in [6.45, 7) is 2.26. The third kappa shape index (κ3) is 4.69. The summed E-state index contributed by atoms with van der Waals surface area (Å²) >= 11 is 0. The molecule has 0 aliphatic carbocycles. The Kier molecular flexibility index (Phi) is 5.78. The van der Waals surface area contributed by atoms with Crippen LogP contribution in [0.4, 0.5) is 24.8 Å². The van der Waals surface area contributed by atoms with Crippen LogP contribution in [0.3, 0.4) is 0 Å². The average molecular weight is 447 g/mol. The number of likely N-dealkylation sites (tertiary alicyclic amines) is 1. The third-order valence-corrected chi connectivity index (χ3v) is 5.11. The minimum absolute atomic E-state index is 0.0205. The minimum atomic E-state index is -4.47. The van der Waals surface area contributed by atoms with E-state index in [0.29, 0.717) is 36.7 Å². The number of anilines is 2. The van der Waals surface area contributed by atoms with Gasteiger partial charge < -0.3 is 15.3 Å². The van der Waals surface area contributed by atoms with Crippen molar-refractivity contribution in [1.29, 1.82) is 0 Å². The number of aryl methyl sites for hydroxylation is 1. The standard InChI is InChI=1S/C20H20F3N7O2/c1-12-6-15(16-10-30(28-27-16)14-3-5-29(9-14)19(32)11-31)25-18(7-12)26-17-8-13(2-4-24-17)20(21,22)23/h2,4,6-8,10,14,31H,3,5,9,11H2,1H3,(H,24,25,26). The molecule has 2 N–H and O–H groups in total. The SMILES string of the molecule is Cc1cc(Nc2cc(C(F)(F)F)ccn2)nc(-c2cn(C3CCN(C(=O)CO)C3)nn2)c1. The van der Waals surface area contributed by atoms with Gasteiger partial charge in [-0.05, 0) is 43.2 Å². The predicted octanol–water partition coefficient (Wildman–Crippen LogP) is 2.57. The summed E-state index contributed by atoms with van der Waals surface area (Å²) < 4.78 is 40.5. The molecule has 3 aromatic rings. The molecule has 32 heavy (non-hydrogen) atoms. The number of halogens is 3. The monoisotopic (exact) mass is 447 g/mol. The van der Waals surface area contributed by atoms with Crippen molar-refractivity contribution >= 4 is 17.5 Å². The molecule has 168 valence electrons. The van der Waals surface area contributed by atoms with Crippen LogP contribution in [-0.4, -0.2) is 60.6 Å². The van der Waals surface area contributed by atoms with Gasteiger partial charge in [0.05, 0.1) is 23.5 Å². The normalized spacial score (nSPS) is 16.4. The molecule has 1 saturated heterocycles. The molecule has 4 rings (SSSR count). The number of amides is 1. The molecular formula is C20H20F3N7O2. The van der Waals surface area contributed by atoms with E-state index in [4.69, 9.17) is 5.11 Å². The number of hydrogen-bond donors (Lipinski definition) is 2. The molecule has 0 spiro atoms. The van der Waals surface area contributed by atoms with Gasteiger partial charge in [0.2, 0.25) is 5.91 Å². The summed E-state index contributed by atoms with van der Waals surface area (Å²) in [5.41, 5.74) is 0.989. The van der Waals surface area contributed by atoms with E-state index in [1.54, 1.807) is 27.9 Å². The third-order valence-electron chi connectivity index (χ3n) is 5.11. The van der Waals surface area contributed by atoms with E-state index in [9.17, 15) is 18.0 Å². The Labute approximate surface area is 180 Å². The van der Waals surface area contributed by atoms with Crippen molar-refractivity contribution in [3.8, 4) is 11.4 Å². The number of nitrogens with one attached hydrogen (secondary N) is 1.